The normalized spacial score (nSPS) is 16.6. The van der Waals surface area contributed by atoms with Crippen LogP contribution in [-0.4, -0.2) is 69.1 Å². The van der Waals surface area contributed by atoms with Crippen LogP contribution in [0.25, 0.3) is 0 Å². The molecule has 1 saturated heterocycles. The molecule has 2 aliphatic rings. The van der Waals surface area contributed by atoms with Gasteiger partial charge in [-0.25, -0.2) is 4.79 Å². The van der Waals surface area contributed by atoms with Gasteiger partial charge in [0.2, 0.25) is 6.79 Å². The van der Waals surface area contributed by atoms with Gasteiger partial charge < -0.3 is 24.4 Å². The van der Waals surface area contributed by atoms with Crippen LogP contribution in [0.5, 0.6) is 11.5 Å². The number of nitrogens with one attached hydrogen (secondary N) is 1. The summed E-state index contributed by atoms with van der Waals surface area (Å²) >= 11 is 0. The molecule has 3 rings (SSSR count). The number of ether oxygens (including phenoxy) is 3. The minimum atomic E-state index is -0.00946. The fourth-order valence-corrected chi connectivity index (χ4v) is 2.78. The van der Waals surface area contributed by atoms with E-state index in [4.69, 9.17) is 14.2 Å². The van der Waals surface area contributed by atoms with Gasteiger partial charge in [0.25, 0.3) is 0 Å². The molecule has 1 fully saturated rings. The average molecular weight is 358 g/mol. The standard InChI is InChI=1S/C16H23N3O4.ClH/c1-21-9-4-17-16(20)19-7-5-18(6-8-19)11-13-2-3-14-15(10-13)23-12-22-14;/h2-3,10H,4-9,11-12H2,1H3,(H,17,20);1H. The molecule has 0 bridgehead atoms. The highest BCUT2D eigenvalue weighted by Crippen LogP contribution is 2.32. The molecule has 0 aromatic heterocycles. The third-order valence-electron chi connectivity index (χ3n) is 4.09. The van der Waals surface area contributed by atoms with E-state index in [-0.39, 0.29) is 18.4 Å². The Hall–Kier alpha value is -1.70. The van der Waals surface area contributed by atoms with Gasteiger partial charge in [-0.3, -0.25) is 4.90 Å². The largest absolute Gasteiger partial charge is 0.454 e. The molecule has 0 aliphatic carbocycles. The van der Waals surface area contributed by atoms with Gasteiger partial charge in [-0.2, -0.15) is 0 Å². The first kappa shape index (κ1) is 18.6. The number of carbonyl (C=O) groups is 1. The van der Waals surface area contributed by atoms with E-state index < -0.39 is 0 Å². The summed E-state index contributed by atoms with van der Waals surface area (Å²) in [6, 6.07) is 6.05. The molecule has 8 heteroatoms. The Labute approximate surface area is 148 Å². The summed E-state index contributed by atoms with van der Waals surface area (Å²) in [7, 11) is 1.63. The summed E-state index contributed by atoms with van der Waals surface area (Å²) < 4.78 is 15.7. The van der Waals surface area contributed by atoms with Gasteiger partial charge in [0.15, 0.2) is 11.5 Å². The van der Waals surface area contributed by atoms with Crippen molar-refractivity contribution in [3.63, 3.8) is 0 Å². The Bertz CT molecular complexity index is 550. The Morgan fingerprint density at radius 1 is 1.21 bits per heavy atom. The summed E-state index contributed by atoms with van der Waals surface area (Å²) in [4.78, 5) is 16.2. The van der Waals surface area contributed by atoms with Crippen molar-refractivity contribution >= 4 is 18.4 Å². The van der Waals surface area contributed by atoms with Gasteiger partial charge in [-0.05, 0) is 17.7 Å². The SMILES string of the molecule is COCCNC(=O)N1CCN(Cc2ccc3c(c2)OCO3)CC1.Cl. The first-order chi connectivity index (χ1) is 11.3. The van der Waals surface area contributed by atoms with Crippen LogP contribution < -0.4 is 14.8 Å². The molecule has 1 aromatic carbocycles. The lowest BCUT2D eigenvalue weighted by Crippen LogP contribution is -2.51. The molecule has 0 atom stereocenters. The fourth-order valence-electron chi connectivity index (χ4n) is 2.78. The number of piperazine rings is 1. The lowest BCUT2D eigenvalue weighted by Gasteiger charge is -2.34. The molecule has 0 saturated carbocycles. The maximum atomic E-state index is 12.0. The van der Waals surface area contributed by atoms with E-state index in [1.807, 2.05) is 17.0 Å². The average Bonchev–Trinajstić information content (AvgIpc) is 3.03. The van der Waals surface area contributed by atoms with E-state index in [9.17, 15) is 4.79 Å². The number of methoxy groups -OCH3 is 1. The Morgan fingerprint density at radius 2 is 1.96 bits per heavy atom. The number of fused-ring (bicyclic) bond motifs is 1. The lowest BCUT2D eigenvalue weighted by molar-refractivity contribution is 0.132. The molecular weight excluding hydrogens is 334 g/mol. The van der Waals surface area contributed by atoms with Crippen LogP contribution >= 0.6 is 12.4 Å². The minimum Gasteiger partial charge on any atom is -0.454 e. The minimum absolute atomic E-state index is 0. The van der Waals surface area contributed by atoms with Crippen molar-refractivity contribution < 1.29 is 19.0 Å². The molecule has 2 amide bonds. The van der Waals surface area contributed by atoms with Crippen LogP contribution in [0.1, 0.15) is 5.56 Å². The highest BCUT2D eigenvalue weighted by molar-refractivity contribution is 5.85. The lowest BCUT2D eigenvalue weighted by atomic mass is 10.1. The van der Waals surface area contributed by atoms with E-state index in [1.54, 1.807) is 7.11 Å². The molecule has 7 nitrogen and oxygen atoms in total. The highest BCUT2D eigenvalue weighted by atomic mass is 35.5. The number of halogens is 1. The predicted molar refractivity (Wildman–Crippen MR) is 91.9 cm³/mol. The highest BCUT2D eigenvalue weighted by Gasteiger charge is 2.21. The van der Waals surface area contributed by atoms with Gasteiger partial charge in [0.1, 0.15) is 0 Å². The zero-order valence-electron chi connectivity index (χ0n) is 13.8. The van der Waals surface area contributed by atoms with Gasteiger partial charge in [-0.1, -0.05) is 6.07 Å². The Kier molecular flexibility index (Phi) is 6.96. The number of amides is 2. The van der Waals surface area contributed by atoms with Crippen LogP contribution in [0.2, 0.25) is 0 Å². The molecule has 0 spiro atoms. The second-order valence-electron chi connectivity index (χ2n) is 5.68. The van der Waals surface area contributed by atoms with E-state index in [0.29, 0.717) is 19.9 Å². The van der Waals surface area contributed by atoms with Crippen LogP contribution in [-0.2, 0) is 11.3 Å². The number of hydrogen-bond acceptors (Lipinski definition) is 5. The van der Waals surface area contributed by atoms with E-state index in [0.717, 1.165) is 44.2 Å². The zero-order chi connectivity index (χ0) is 16.1. The van der Waals surface area contributed by atoms with Gasteiger partial charge >= 0.3 is 6.03 Å². The van der Waals surface area contributed by atoms with Crippen LogP contribution in [0.15, 0.2) is 18.2 Å². The van der Waals surface area contributed by atoms with Crippen molar-refractivity contribution in [2.24, 2.45) is 0 Å². The molecule has 1 aromatic rings. The smallest absolute Gasteiger partial charge is 0.317 e. The van der Waals surface area contributed by atoms with Gasteiger partial charge in [0, 0.05) is 46.4 Å². The summed E-state index contributed by atoms with van der Waals surface area (Å²) in [5, 5.41) is 2.86. The van der Waals surface area contributed by atoms with Gasteiger partial charge in [0.05, 0.1) is 6.61 Å². The Morgan fingerprint density at radius 3 is 2.71 bits per heavy atom. The second kappa shape index (κ2) is 8.96. The third kappa shape index (κ3) is 4.66. The van der Waals surface area contributed by atoms with Crippen LogP contribution in [0, 0.1) is 0 Å². The molecule has 2 heterocycles. The van der Waals surface area contributed by atoms with E-state index in [2.05, 4.69) is 16.3 Å². The van der Waals surface area contributed by atoms with Crippen molar-refractivity contribution in [3.8, 4) is 11.5 Å². The second-order valence-corrected chi connectivity index (χ2v) is 5.68. The first-order valence-corrected chi connectivity index (χ1v) is 7.89. The molecular formula is C16H24ClN3O4. The van der Waals surface area contributed by atoms with Crippen LogP contribution in [0.3, 0.4) is 0 Å². The summed E-state index contributed by atoms with van der Waals surface area (Å²) in [6.45, 7) is 5.46. The summed E-state index contributed by atoms with van der Waals surface area (Å²) in [6.07, 6.45) is 0. The van der Waals surface area contributed by atoms with Crippen molar-refractivity contribution in [1.82, 2.24) is 15.1 Å². The first-order valence-electron chi connectivity index (χ1n) is 7.89. The Balaban J connectivity index is 0.00000208. The van der Waals surface area contributed by atoms with Crippen LogP contribution in [0.4, 0.5) is 4.79 Å². The number of hydrogen-bond donors (Lipinski definition) is 1. The quantitative estimate of drug-likeness (QED) is 0.805. The monoisotopic (exact) mass is 357 g/mol. The topological polar surface area (TPSA) is 63.3 Å². The molecule has 1 N–H and O–H groups in total. The summed E-state index contributed by atoms with van der Waals surface area (Å²) in [5.74, 6) is 1.63. The van der Waals surface area contributed by atoms with Crippen molar-refractivity contribution in [2.75, 3.05) is 53.2 Å². The fraction of sp³-hybridized carbons (Fsp3) is 0.562. The summed E-state index contributed by atoms with van der Waals surface area (Å²) in [5.41, 5.74) is 1.20. The predicted octanol–water partition coefficient (Wildman–Crippen LogP) is 1.31. The number of nitrogens with zero attached hydrogens (tertiary/aromatic N) is 2. The van der Waals surface area contributed by atoms with Crippen molar-refractivity contribution in [3.05, 3.63) is 23.8 Å². The third-order valence-corrected chi connectivity index (χ3v) is 4.09. The number of urea groups is 1. The molecule has 134 valence electrons. The maximum Gasteiger partial charge on any atom is 0.317 e. The number of benzene rings is 1. The zero-order valence-corrected chi connectivity index (χ0v) is 14.6. The van der Waals surface area contributed by atoms with E-state index >= 15 is 0 Å². The molecule has 0 radical (unpaired) electrons. The molecule has 0 unspecified atom stereocenters. The van der Waals surface area contributed by atoms with E-state index in [1.165, 1.54) is 5.56 Å². The molecule has 24 heavy (non-hydrogen) atoms. The maximum absolute atomic E-state index is 12.0. The van der Waals surface area contributed by atoms with Crippen molar-refractivity contribution in [2.45, 2.75) is 6.54 Å². The number of carbonyl (C=O) groups excluding carboxylic acids is 1. The molecule has 2 aliphatic heterocycles. The number of rotatable bonds is 5. The van der Waals surface area contributed by atoms with Crippen molar-refractivity contribution in [1.29, 1.82) is 0 Å². The van der Waals surface area contributed by atoms with Gasteiger partial charge in [-0.15, -0.1) is 12.4 Å².